The molecule has 0 bridgehead atoms. The molecule has 0 unspecified atom stereocenters. The van der Waals surface area contributed by atoms with Crippen molar-refractivity contribution < 1.29 is 9.53 Å². The molecule has 0 aliphatic carbocycles. The third-order valence-corrected chi connectivity index (χ3v) is 6.04. The average molecular weight is 446 g/mol. The maximum absolute atomic E-state index is 11.9. The summed E-state index contributed by atoms with van der Waals surface area (Å²) in [5, 5.41) is 4.74. The first kappa shape index (κ1) is 22.5. The number of thiocarbonyl (C=S) groups is 1. The van der Waals surface area contributed by atoms with Gasteiger partial charge in [0.25, 0.3) is 0 Å². The second kappa shape index (κ2) is 10.8. The zero-order chi connectivity index (χ0) is 21.5. The van der Waals surface area contributed by atoms with Gasteiger partial charge >= 0.3 is 5.97 Å². The second-order valence-electron chi connectivity index (χ2n) is 7.48. The largest absolute Gasteiger partial charge is 0.462 e. The number of benzene rings is 2. The maximum atomic E-state index is 11.9. The number of nitrogens with one attached hydrogen (secondary N) is 1. The van der Waals surface area contributed by atoms with Gasteiger partial charge in [0, 0.05) is 23.3 Å². The number of likely N-dealkylation sites (tertiary alicyclic amines) is 1. The number of anilines is 1. The van der Waals surface area contributed by atoms with E-state index in [-0.39, 0.29) is 5.97 Å². The molecule has 0 atom stereocenters. The van der Waals surface area contributed by atoms with Crippen LogP contribution in [0.15, 0.2) is 48.5 Å². The molecule has 0 amide bonds. The molecule has 0 radical (unpaired) electrons. The third-order valence-electron chi connectivity index (χ3n) is 5.34. The highest BCUT2D eigenvalue weighted by molar-refractivity contribution is 7.80. The highest BCUT2D eigenvalue weighted by atomic mass is 35.5. The van der Waals surface area contributed by atoms with E-state index in [0.29, 0.717) is 29.9 Å². The molecule has 7 heteroatoms. The van der Waals surface area contributed by atoms with Crippen molar-refractivity contribution in [1.29, 1.82) is 0 Å². The van der Waals surface area contributed by atoms with Crippen LogP contribution >= 0.6 is 23.8 Å². The van der Waals surface area contributed by atoms with Crippen molar-refractivity contribution in [3.63, 3.8) is 0 Å². The zero-order valence-corrected chi connectivity index (χ0v) is 19.0. The van der Waals surface area contributed by atoms with Gasteiger partial charge in [0.1, 0.15) is 0 Å². The summed E-state index contributed by atoms with van der Waals surface area (Å²) in [6.07, 6.45) is 2.09. The lowest BCUT2D eigenvalue weighted by atomic mass is 10.0. The summed E-state index contributed by atoms with van der Waals surface area (Å²) in [7, 11) is 2.15. The van der Waals surface area contributed by atoms with Crippen LogP contribution < -0.4 is 5.32 Å². The molecule has 1 saturated heterocycles. The van der Waals surface area contributed by atoms with Gasteiger partial charge in [-0.2, -0.15) is 0 Å². The summed E-state index contributed by atoms with van der Waals surface area (Å²) in [6, 6.07) is 15.4. The number of piperidine rings is 1. The summed E-state index contributed by atoms with van der Waals surface area (Å²) in [5.74, 6) is -0.321. The summed E-state index contributed by atoms with van der Waals surface area (Å²) < 4.78 is 5.04. The van der Waals surface area contributed by atoms with Crippen molar-refractivity contribution in [2.24, 2.45) is 0 Å². The number of nitrogens with zero attached hydrogens (tertiary/aromatic N) is 2. The monoisotopic (exact) mass is 445 g/mol. The molecule has 2 aromatic rings. The summed E-state index contributed by atoms with van der Waals surface area (Å²) in [6.45, 7) is 4.89. The number of carbonyl (C=O) groups excluding carboxylic acids is 1. The quantitative estimate of drug-likeness (QED) is 0.508. The Hall–Kier alpha value is -2.15. The van der Waals surface area contributed by atoms with Gasteiger partial charge in [-0.3, -0.25) is 0 Å². The maximum Gasteiger partial charge on any atom is 0.338 e. The average Bonchev–Trinajstić information content (AvgIpc) is 2.74. The lowest BCUT2D eigenvalue weighted by Gasteiger charge is -2.39. The van der Waals surface area contributed by atoms with Gasteiger partial charge in [0.15, 0.2) is 5.11 Å². The molecular formula is C23H28ClN3O2S. The van der Waals surface area contributed by atoms with Crippen LogP contribution in [0.2, 0.25) is 5.02 Å². The number of carbonyl (C=O) groups is 1. The molecule has 2 aromatic carbocycles. The summed E-state index contributed by atoms with van der Waals surface area (Å²) in [4.78, 5) is 16.4. The molecule has 1 fully saturated rings. The number of hydrogen-bond donors (Lipinski definition) is 1. The van der Waals surface area contributed by atoms with Gasteiger partial charge < -0.3 is 19.9 Å². The number of esters is 1. The van der Waals surface area contributed by atoms with E-state index < -0.39 is 0 Å². The Bertz CT molecular complexity index is 867. The van der Waals surface area contributed by atoms with E-state index in [4.69, 9.17) is 28.6 Å². The van der Waals surface area contributed by atoms with Crippen LogP contribution in [-0.4, -0.2) is 53.7 Å². The normalized spacial score (nSPS) is 14.9. The van der Waals surface area contributed by atoms with E-state index in [9.17, 15) is 4.79 Å². The minimum atomic E-state index is -0.321. The highest BCUT2D eigenvalue weighted by Gasteiger charge is 2.26. The lowest BCUT2D eigenvalue weighted by molar-refractivity contribution is 0.0526. The molecule has 0 spiro atoms. The Labute approximate surface area is 189 Å². The molecule has 3 rings (SSSR count). The number of rotatable bonds is 6. The van der Waals surface area contributed by atoms with Crippen LogP contribution in [0.1, 0.15) is 35.7 Å². The van der Waals surface area contributed by atoms with Gasteiger partial charge in [0.05, 0.1) is 12.2 Å². The Balaban J connectivity index is 1.74. The van der Waals surface area contributed by atoms with Gasteiger partial charge in [-0.15, -0.1) is 0 Å². The van der Waals surface area contributed by atoms with Crippen molar-refractivity contribution in [3.8, 4) is 0 Å². The molecule has 0 aromatic heterocycles. The minimum Gasteiger partial charge on any atom is -0.462 e. The van der Waals surface area contributed by atoms with Crippen LogP contribution in [-0.2, 0) is 11.3 Å². The SMILES string of the molecule is CCOC(=O)c1ccc(NC(=S)N(Cc2ccccc2Cl)C2CCN(C)CC2)cc1. The fraction of sp³-hybridized carbons (Fsp3) is 0.391. The van der Waals surface area contributed by atoms with Crippen molar-refractivity contribution in [3.05, 3.63) is 64.7 Å². The second-order valence-corrected chi connectivity index (χ2v) is 8.28. The fourth-order valence-electron chi connectivity index (χ4n) is 3.58. The summed E-state index contributed by atoms with van der Waals surface area (Å²) >= 11 is 12.2. The Morgan fingerprint density at radius 1 is 1.20 bits per heavy atom. The number of ether oxygens (including phenoxy) is 1. The molecule has 30 heavy (non-hydrogen) atoms. The van der Waals surface area contributed by atoms with E-state index in [1.54, 1.807) is 19.1 Å². The smallest absolute Gasteiger partial charge is 0.338 e. The predicted molar refractivity (Wildman–Crippen MR) is 126 cm³/mol. The van der Waals surface area contributed by atoms with Gasteiger partial charge in [-0.1, -0.05) is 29.8 Å². The van der Waals surface area contributed by atoms with E-state index in [1.807, 2.05) is 36.4 Å². The van der Waals surface area contributed by atoms with Gasteiger partial charge in [0.2, 0.25) is 0 Å². The number of hydrogen-bond acceptors (Lipinski definition) is 4. The van der Waals surface area contributed by atoms with Crippen LogP contribution in [0.4, 0.5) is 5.69 Å². The topological polar surface area (TPSA) is 44.8 Å². The molecule has 1 aliphatic rings. The predicted octanol–water partition coefficient (Wildman–Crippen LogP) is 4.81. The van der Waals surface area contributed by atoms with Gasteiger partial charge in [-0.25, -0.2) is 4.79 Å². The summed E-state index contributed by atoms with van der Waals surface area (Å²) in [5.41, 5.74) is 2.42. The van der Waals surface area contributed by atoms with E-state index >= 15 is 0 Å². The Morgan fingerprint density at radius 3 is 2.50 bits per heavy atom. The van der Waals surface area contributed by atoms with Crippen LogP contribution in [0.25, 0.3) is 0 Å². The molecule has 0 saturated carbocycles. The molecule has 1 heterocycles. The van der Waals surface area contributed by atoms with Crippen molar-refractivity contribution in [2.75, 3.05) is 32.1 Å². The van der Waals surface area contributed by atoms with E-state index in [1.165, 1.54) is 0 Å². The number of halogens is 1. The van der Waals surface area contributed by atoms with Crippen molar-refractivity contribution in [2.45, 2.75) is 32.4 Å². The molecular weight excluding hydrogens is 418 g/mol. The standard InChI is InChI=1S/C23H28ClN3O2S/c1-3-29-22(28)17-8-10-19(11-9-17)25-23(30)27(20-12-14-26(2)15-13-20)16-18-6-4-5-7-21(18)24/h4-11,20H,3,12-16H2,1-2H3,(H,25,30). The zero-order valence-electron chi connectivity index (χ0n) is 17.4. The van der Waals surface area contributed by atoms with Gasteiger partial charge in [-0.05, 0) is 88.0 Å². The van der Waals surface area contributed by atoms with Crippen molar-refractivity contribution in [1.82, 2.24) is 9.80 Å². The first-order valence-electron chi connectivity index (χ1n) is 10.2. The molecule has 1 aliphatic heterocycles. The Kier molecular flexibility index (Phi) is 8.08. The lowest BCUT2D eigenvalue weighted by Crippen LogP contribution is -2.47. The highest BCUT2D eigenvalue weighted by Crippen LogP contribution is 2.24. The molecule has 5 nitrogen and oxygen atoms in total. The van der Waals surface area contributed by atoms with Crippen LogP contribution in [0.5, 0.6) is 0 Å². The van der Waals surface area contributed by atoms with E-state index in [0.717, 1.165) is 42.2 Å². The Morgan fingerprint density at radius 2 is 1.87 bits per heavy atom. The van der Waals surface area contributed by atoms with Crippen molar-refractivity contribution >= 4 is 40.6 Å². The first-order valence-corrected chi connectivity index (χ1v) is 11.0. The molecule has 160 valence electrons. The van der Waals surface area contributed by atoms with Crippen LogP contribution in [0, 0.1) is 0 Å². The fourth-order valence-corrected chi connectivity index (χ4v) is 4.11. The molecule has 1 N–H and O–H groups in total. The van der Waals surface area contributed by atoms with E-state index in [2.05, 4.69) is 22.2 Å². The minimum absolute atomic E-state index is 0.321. The third kappa shape index (κ3) is 5.94. The van der Waals surface area contributed by atoms with Crippen LogP contribution in [0.3, 0.4) is 0 Å². The first-order chi connectivity index (χ1) is 14.5.